The fourth-order valence-corrected chi connectivity index (χ4v) is 4.50. The number of benzene rings is 1. The summed E-state index contributed by atoms with van der Waals surface area (Å²) < 4.78 is 7.43. The average molecular weight is 507 g/mol. The van der Waals surface area contributed by atoms with Gasteiger partial charge in [0, 0.05) is 49.7 Å². The first-order valence-corrected chi connectivity index (χ1v) is 12.0. The number of rotatable bonds is 6. The van der Waals surface area contributed by atoms with E-state index in [1.165, 1.54) is 0 Å². The van der Waals surface area contributed by atoms with Crippen molar-refractivity contribution in [2.75, 3.05) is 43.5 Å². The van der Waals surface area contributed by atoms with Gasteiger partial charge in [-0.2, -0.15) is 5.10 Å². The van der Waals surface area contributed by atoms with Gasteiger partial charge in [0.05, 0.1) is 47.5 Å². The smallest absolute Gasteiger partial charge is 0.239 e. The standard InChI is InChI=1S/C25H27ClN8O2/c1-16(27)24(35)33-11-9-32(10-12-33)17-6-7-20(22(13-17)36-2)30-25-28-15-19(26)23(31-25)18-14-29-34-8-4-3-5-21(18)34/h3-8,13-16H,9-12,27H2,1-2H3,(H,28,30,31)/t16-/m0/s1. The zero-order valence-corrected chi connectivity index (χ0v) is 20.8. The SMILES string of the molecule is COc1cc(N2CCN(C(=O)[C@H](C)N)CC2)ccc1Nc1ncc(Cl)c(-c2cnn3ccccc23)n1. The number of amides is 1. The van der Waals surface area contributed by atoms with E-state index in [0.29, 0.717) is 35.5 Å². The Kier molecular flexibility index (Phi) is 6.62. The Labute approximate surface area is 213 Å². The summed E-state index contributed by atoms with van der Waals surface area (Å²) in [5.41, 5.74) is 9.78. The number of hydrogen-bond acceptors (Lipinski definition) is 8. The van der Waals surface area contributed by atoms with Crippen LogP contribution < -0.4 is 20.7 Å². The number of hydrogen-bond donors (Lipinski definition) is 2. The van der Waals surface area contributed by atoms with Crippen LogP contribution >= 0.6 is 11.6 Å². The number of pyridine rings is 1. The van der Waals surface area contributed by atoms with Crippen LogP contribution in [0.25, 0.3) is 16.8 Å². The van der Waals surface area contributed by atoms with E-state index in [4.69, 9.17) is 22.1 Å². The number of ether oxygens (including phenoxy) is 1. The van der Waals surface area contributed by atoms with Crippen molar-refractivity contribution in [2.45, 2.75) is 13.0 Å². The molecule has 1 fully saturated rings. The summed E-state index contributed by atoms with van der Waals surface area (Å²) in [5.74, 6) is 1.02. The topological polar surface area (TPSA) is 114 Å². The fourth-order valence-electron chi connectivity index (χ4n) is 4.31. The summed E-state index contributed by atoms with van der Waals surface area (Å²) in [6.45, 7) is 4.42. The van der Waals surface area contributed by atoms with Crippen LogP contribution in [-0.4, -0.2) is 69.7 Å². The second-order valence-corrected chi connectivity index (χ2v) is 9.00. The van der Waals surface area contributed by atoms with E-state index in [2.05, 4.69) is 25.3 Å². The Bertz CT molecular complexity index is 1400. The minimum absolute atomic E-state index is 0.0155. The summed E-state index contributed by atoms with van der Waals surface area (Å²) in [6, 6.07) is 11.2. The zero-order chi connectivity index (χ0) is 25.2. The summed E-state index contributed by atoms with van der Waals surface area (Å²) in [4.78, 5) is 25.2. The normalized spacial score (nSPS) is 14.7. The summed E-state index contributed by atoms with van der Waals surface area (Å²) in [6.07, 6.45) is 5.18. The van der Waals surface area contributed by atoms with Crippen LogP contribution in [0.5, 0.6) is 5.75 Å². The number of nitrogens with one attached hydrogen (secondary N) is 1. The molecule has 0 bridgehead atoms. The van der Waals surface area contributed by atoms with E-state index in [-0.39, 0.29) is 5.91 Å². The highest BCUT2D eigenvalue weighted by atomic mass is 35.5. The van der Waals surface area contributed by atoms with E-state index in [9.17, 15) is 4.79 Å². The predicted octanol–water partition coefficient (Wildman–Crippen LogP) is 3.19. The lowest BCUT2D eigenvalue weighted by Gasteiger charge is -2.37. The maximum Gasteiger partial charge on any atom is 0.239 e. The molecule has 0 saturated carbocycles. The largest absolute Gasteiger partial charge is 0.494 e. The van der Waals surface area contributed by atoms with Gasteiger partial charge >= 0.3 is 0 Å². The van der Waals surface area contributed by atoms with Gasteiger partial charge in [-0.3, -0.25) is 4.79 Å². The molecule has 1 aliphatic rings. The number of anilines is 3. The van der Waals surface area contributed by atoms with Crippen molar-refractivity contribution in [1.29, 1.82) is 0 Å². The summed E-state index contributed by atoms with van der Waals surface area (Å²) in [7, 11) is 1.62. The third-order valence-corrected chi connectivity index (χ3v) is 6.48. The molecule has 36 heavy (non-hydrogen) atoms. The highest BCUT2D eigenvalue weighted by Gasteiger charge is 2.24. The van der Waals surface area contributed by atoms with Gasteiger partial charge in [0.15, 0.2) is 0 Å². The number of halogens is 1. The molecule has 0 spiro atoms. The van der Waals surface area contributed by atoms with Crippen molar-refractivity contribution in [3.8, 4) is 17.0 Å². The van der Waals surface area contributed by atoms with Gasteiger partial charge in [-0.1, -0.05) is 17.7 Å². The van der Waals surface area contributed by atoms with Crippen molar-refractivity contribution in [3.05, 3.63) is 60.0 Å². The molecular formula is C25H27ClN8O2. The van der Waals surface area contributed by atoms with Crippen LogP contribution in [-0.2, 0) is 4.79 Å². The van der Waals surface area contributed by atoms with E-state index in [0.717, 1.165) is 35.5 Å². The molecule has 10 nitrogen and oxygen atoms in total. The monoisotopic (exact) mass is 506 g/mol. The van der Waals surface area contributed by atoms with Crippen LogP contribution in [0.4, 0.5) is 17.3 Å². The first-order chi connectivity index (χ1) is 17.4. The highest BCUT2D eigenvalue weighted by Crippen LogP contribution is 2.34. The van der Waals surface area contributed by atoms with Gasteiger partial charge in [0.25, 0.3) is 0 Å². The Hall–Kier alpha value is -3.89. The van der Waals surface area contributed by atoms with Gasteiger partial charge < -0.3 is 25.6 Å². The van der Waals surface area contributed by atoms with Crippen molar-refractivity contribution in [2.24, 2.45) is 5.73 Å². The van der Waals surface area contributed by atoms with E-state index >= 15 is 0 Å². The maximum absolute atomic E-state index is 12.2. The van der Waals surface area contributed by atoms with Crippen molar-refractivity contribution < 1.29 is 9.53 Å². The van der Waals surface area contributed by atoms with Crippen LogP contribution in [0.15, 0.2) is 55.0 Å². The minimum Gasteiger partial charge on any atom is -0.494 e. The van der Waals surface area contributed by atoms with Crippen molar-refractivity contribution in [1.82, 2.24) is 24.5 Å². The molecule has 4 aromatic rings. The first kappa shape index (κ1) is 23.8. The van der Waals surface area contributed by atoms with E-state index < -0.39 is 6.04 Å². The minimum atomic E-state index is -0.481. The molecule has 1 saturated heterocycles. The third kappa shape index (κ3) is 4.65. The molecule has 1 aliphatic heterocycles. The Morgan fingerprint density at radius 3 is 2.72 bits per heavy atom. The summed E-state index contributed by atoms with van der Waals surface area (Å²) >= 11 is 6.45. The first-order valence-electron chi connectivity index (χ1n) is 11.6. The van der Waals surface area contributed by atoms with Crippen LogP contribution in [0.3, 0.4) is 0 Å². The molecule has 4 heterocycles. The number of nitrogens with two attached hydrogens (primary N) is 1. The lowest BCUT2D eigenvalue weighted by atomic mass is 10.2. The fraction of sp³-hybridized carbons (Fsp3) is 0.280. The number of piperazine rings is 1. The second-order valence-electron chi connectivity index (χ2n) is 8.59. The molecule has 1 amide bonds. The molecule has 3 N–H and O–H groups in total. The van der Waals surface area contributed by atoms with Gasteiger partial charge in [-0.05, 0) is 31.2 Å². The average Bonchev–Trinajstić information content (AvgIpc) is 3.33. The quantitative estimate of drug-likeness (QED) is 0.410. The highest BCUT2D eigenvalue weighted by molar-refractivity contribution is 6.33. The molecule has 0 radical (unpaired) electrons. The van der Waals surface area contributed by atoms with Gasteiger partial charge in [-0.15, -0.1) is 0 Å². The van der Waals surface area contributed by atoms with Crippen molar-refractivity contribution >= 4 is 40.3 Å². The van der Waals surface area contributed by atoms with E-state index in [1.807, 2.05) is 47.5 Å². The second kappa shape index (κ2) is 10.00. The molecule has 1 aromatic carbocycles. The molecule has 0 unspecified atom stereocenters. The molecule has 5 rings (SSSR count). The number of methoxy groups -OCH3 is 1. The van der Waals surface area contributed by atoms with Gasteiger partial charge in [0.1, 0.15) is 5.75 Å². The Balaban J connectivity index is 1.35. The third-order valence-electron chi connectivity index (χ3n) is 6.20. The Morgan fingerprint density at radius 1 is 1.17 bits per heavy atom. The van der Waals surface area contributed by atoms with Gasteiger partial charge in [0.2, 0.25) is 11.9 Å². The van der Waals surface area contributed by atoms with E-state index in [1.54, 1.807) is 30.9 Å². The van der Waals surface area contributed by atoms with Crippen LogP contribution in [0.2, 0.25) is 5.02 Å². The molecular weight excluding hydrogens is 480 g/mol. The molecule has 11 heteroatoms. The Morgan fingerprint density at radius 2 is 1.97 bits per heavy atom. The lowest BCUT2D eigenvalue weighted by molar-refractivity contribution is -0.132. The number of carbonyl (C=O) groups excluding carboxylic acids is 1. The zero-order valence-electron chi connectivity index (χ0n) is 20.1. The number of fused-ring (bicyclic) bond motifs is 1. The van der Waals surface area contributed by atoms with Crippen LogP contribution in [0.1, 0.15) is 6.92 Å². The number of nitrogens with zero attached hydrogens (tertiary/aromatic N) is 6. The summed E-state index contributed by atoms with van der Waals surface area (Å²) in [5, 5.41) is 8.06. The molecule has 186 valence electrons. The van der Waals surface area contributed by atoms with Crippen LogP contribution in [0, 0.1) is 0 Å². The molecule has 0 aliphatic carbocycles. The molecule has 3 aromatic heterocycles. The van der Waals surface area contributed by atoms with Gasteiger partial charge in [-0.25, -0.2) is 14.5 Å². The lowest BCUT2D eigenvalue weighted by Crippen LogP contribution is -2.52. The number of carbonyl (C=O) groups is 1. The maximum atomic E-state index is 12.2. The molecule has 1 atom stereocenters. The van der Waals surface area contributed by atoms with Crippen molar-refractivity contribution in [3.63, 3.8) is 0 Å². The number of aromatic nitrogens is 4. The predicted molar refractivity (Wildman–Crippen MR) is 140 cm³/mol.